The van der Waals surface area contributed by atoms with E-state index in [4.69, 9.17) is 20.9 Å². The number of aromatic hydroxyl groups is 2. The van der Waals surface area contributed by atoms with Crippen LogP contribution < -0.4 is 20.9 Å². The van der Waals surface area contributed by atoms with Gasteiger partial charge in [-0.2, -0.15) is 0 Å². The summed E-state index contributed by atoms with van der Waals surface area (Å²) in [6.07, 6.45) is 0. The van der Waals surface area contributed by atoms with Crippen LogP contribution in [0.25, 0.3) is 10.8 Å². The van der Waals surface area contributed by atoms with E-state index in [2.05, 4.69) is 23.7 Å². The molecule has 0 amide bonds. The van der Waals surface area contributed by atoms with Gasteiger partial charge in [-0.25, -0.2) is 0 Å². The summed E-state index contributed by atoms with van der Waals surface area (Å²) in [6.45, 7) is 0. The molecule has 0 spiro atoms. The van der Waals surface area contributed by atoms with Crippen LogP contribution in [0, 0.1) is 23.7 Å². The van der Waals surface area contributed by atoms with E-state index in [0.717, 1.165) is 21.9 Å². The molecule has 0 atom stereocenters. The molecule has 44 heavy (non-hydrogen) atoms. The molecule has 0 bridgehead atoms. The van der Waals surface area contributed by atoms with Crippen LogP contribution in [0.4, 0.5) is 11.4 Å². The maximum absolute atomic E-state index is 9.89. The Kier molecular flexibility index (Phi) is 7.65. The first-order valence-electron chi connectivity index (χ1n) is 13.7. The summed E-state index contributed by atoms with van der Waals surface area (Å²) in [4.78, 5) is 0. The van der Waals surface area contributed by atoms with Gasteiger partial charge in [0.15, 0.2) is 0 Å². The molecule has 0 aliphatic heterocycles. The Morgan fingerprint density at radius 2 is 1.05 bits per heavy atom. The molecular formula is C38H26N2O4. The molecule has 0 saturated carbocycles. The zero-order valence-electron chi connectivity index (χ0n) is 23.4. The number of fused-ring (bicyclic) bond motifs is 1. The topological polar surface area (TPSA) is 111 Å². The average molecular weight is 575 g/mol. The van der Waals surface area contributed by atoms with Crippen molar-refractivity contribution in [1.82, 2.24) is 0 Å². The average Bonchev–Trinajstić information content (AvgIpc) is 3.04. The zero-order valence-corrected chi connectivity index (χ0v) is 23.4. The van der Waals surface area contributed by atoms with Crippen molar-refractivity contribution in [2.75, 3.05) is 11.5 Å². The second kappa shape index (κ2) is 12.2. The monoisotopic (exact) mass is 574 g/mol. The van der Waals surface area contributed by atoms with Gasteiger partial charge in [0.2, 0.25) is 0 Å². The minimum atomic E-state index is -0.0236. The summed E-state index contributed by atoms with van der Waals surface area (Å²) in [6, 6.07) is 36.3. The van der Waals surface area contributed by atoms with Gasteiger partial charge >= 0.3 is 0 Å². The molecule has 6 heteroatoms. The van der Waals surface area contributed by atoms with E-state index in [9.17, 15) is 10.2 Å². The quantitative estimate of drug-likeness (QED) is 0.0971. The first-order valence-corrected chi connectivity index (χ1v) is 13.7. The second-order valence-corrected chi connectivity index (χ2v) is 9.89. The predicted octanol–water partition coefficient (Wildman–Crippen LogP) is 7.80. The molecule has 0 saturated heterocycles. The molecule has 6 aromatic carbocycles. The molecule has 6 N–H and O–H groups in total. The van der Waals surface area contributed by atoms with Gasteiger partial charge < -0.3 is 31.2 Å². The highest BCUT2D eigenvalue weighted by molar-refractivity contribution is 5.93. The molecular weight excluding hydrogens is 548 g/mol. The third-order valence-electron chi connectivity index (χ3n) is 6.76. The van der Waals surface area contributed by atoms with Crippen molar-refractivity contribution in [3.05, 3.63) is 144 Å². The Morgan fingerprint density at radius 3 is 1.61 bits per heavy atom. The first kappa shape index (κ1) is 27.7. The molecule has 0 unspecified atom stereocenters. The van der Waals surface area contributed by atoms with Crippen LogP contribution in [0.5, 0.6) is 34.5 Å². The summed E-state index contributed by atoms with van der Waals surface area (Å²) < 4.78 is 12.5. The molecule has 6 aromatic rings. The predicted molar refractivity (Wildman–Crippen MR) is 174 cm³/mol. The lowest BCUT2D eigenvalue weighted by Gasteiger charge is -2.14. The summed E-state index contributed by atoms with van der Waals surface area (Å²) in [5, 5.41) is 21.4. The fourth-order valence-corrected chi connectivity index (χ4v) is 4.49. The van der Waals surface area contributed by atoms with Crippen LogP contribution in [0.15, 0.2) is 121 Å². The van der Waals surface area contributed by atoms with E-state index in [0.29, 0.717) is 34.1 Å². The largest absolute Gasteiger partial charge is 0.506 e. The Bertz CT molecular complexity index is 2070. The SMILES string of the molecule is Nc1cc(Oc2cc3ccc(Oc4ccc(O)c(N)c4)c(C#Cc4ccccc4)c3cc2C#Cc2ccccc2)ccc1O. The van der Waals surface area contributed by atoms with Gasteiger partial charge in [-0.05, 0) is 72.1 Å². The van der Waals surface area contributed by atoms with Crippen LogP contribution in [0.2, 0.25) is 0 Å². The van der Waals surface area contributed by atoms with E-state index >= 15 is 0 Å². The van der Waals surface area contributed by atoms with Gasteiger partial charge in [-0.15, -0.1) is 0 Å². The van der Waals surface area contributed by atoms with Gasteiger partial charge in [-0.3, -0.25) is 0 Å². The molecule has 0 aliphatic carbocycles. The molecule has 0 aromatic heterocycles. The minimum Gasteiger partial charge on any atom is -0.506 e. The number of benzene rings is 6. The second-order valence-electron chi connectivity index (χ2n) is 9.89. The fraction of sp³-hybridized carbons (Fsp3) is 0. The number of rotatable bonds is 4. The van der Waals surface area contributed by atoms with Crippen LogP contribution in [-0.4, -0.2) is 10.2 Å². The third kappa shape index (κ3) is 6.21. The van der Waals surface area contributed by atoms with Gasteiger partial charge in [-0.1, -0.05) is 66.1 Å². The molecule has 0 aliphatic rings. The van der Waals surface area contributed by atoms with Gasteiger partial charge in [0.1, 0.15) is 34.5 Å². The van der Waals surface area contributed by atoms with Gasteiger partial charge in [0.05, 0.1) is 22.5 Å². The van der Waals surface area contributed by atoms with Crippen molar-refractivity contribution in [3.63, 3.8) is 0 Å². The molecule has 6 nitrogen and oxygen atoms in total. The third-order valence-corrected chi connectivity index (χ3v) is 6.76. The Balaban J connectivity index is 1.54. The fourth-order valence-electron chi connectivity index (χ4n) is 4.49. The smallest absolute Gasteiger partial charge is 0.143 e. The number of hydrogen-bond acceptors (Lipinski definition) is 6. The van der Waals surface area contributed by atoms with Crippen LogP contribution >= 0.6 is 0 Å². The van der Waals surface area contributed by atoms with Crippen molar-refractivity contribution >= 4 is 22.1 Å². The van der Waals surface area contributed by atoms with Crippen LogP contribution in [0.1, 0.15) is 22.3 Å². The normalized spacial score (nSPS) is 10.3. The molecule has 6 rings (SSSR count). The standard InChI is InChI=1S/C38H26N2O4/c39-33-23-29(15-18-35(33)41)43-37-20-14-27-22-38(44-30-16-19-36(42)34(40)24-30)28(13-11-25-7-3-1-4-8-25)21-32(27)31(37)17-12-26-9-5-2-6-10-26/h1-10,14-16,18-24,41-42H,39-40H2. The number of hydrogen-bond donors (Lipinski definition) is 4. The van der Waals surface area contributed by atoms with E-state index < -0.39 is 0 Å². The Hall–Kier alpha value is -6.50. The van der Waals surface area contributed by atoms with Crippen molar-refractivity contribution in [3.8, 4) is 58.2 Å². The van der Waals surface area contributed by atoms with E-state index in [1.807, 2.05) is 84.9 Å². The van der Waals surface area contributed by atoms with E-state index in [1.165, 1.54) is 12.1 Å². The van der Waals surface area contributed by atoms with Crippen molar-refractivity contribution < 1.29 is 19.7 Å². The minimum absolute atomic E-state index is 0.0236. The highest BCUT2D eigenvalue weighted by Gasteiger charge is 2.14. The lowest BCUT2D eigenvalue weighted by molar-refractivity contribution is 0.466. The summed E-state index contributed by atoms with van der Waals surface area (Å²) in [7, 11) is 0. The molecule has 0 radical (unpaired) electrons. The highest BCUT2D eigenvalue weighted by atomic mass is 16.5. The summed E-state index contributed by atoms with van der Waals surface area (Å²) in [5.74, 6) is 14.9. The number of nitrogens with two attached hydrogens (primary N) is 2. The van der Waals surface area contributed by atoms with Gasteiger partial charge in [0, 0.05) is 28.6 Å². The van der Waals surface area contributed by atoms with Crippen molar-refractivity contribution in [2.24, 2.45) is 0 Å². The summed E-state index contributed by atoms with van der Waals surface area (Å²) in [5.41, 5.74) is 15.2. The summed E-state index contributed by atoms with van der Waals surface area (Å²) >= 11 is 0. The Morgan fingerprint density at radius 1 is 0.500 bits per heavy atom. The van der Waals surface area contributed by atoms with E-state index in [-0.39, 0.29) is 22.9 Å². The van der Waals surface area contributed by atoms with Crippen LogP contribution in [-0.2, 0) is 0 Å². The lowest BCUT2D eigenvalue weighted by atomic mass is 9.99. The molecule has 0 heterocycles. The lowest BCUT2D eigenvalue weighted by Crippen LogP contribution is -1.95. The first-order chi connectivity index (χ1) is 21.4. The van der Waals surface area contributed by atoms with E-state index in [1.54, 1.807) is 24.3 Å². The number of anilines is 2. The number of phenolic OH excluding ortho intramolecular Hbond substituents is 2. The maximum Gasteiger partial charge on any atom is 0.143 e. The Labute approximate surface area is 254 Å². The van der Waals surface area contributed by atoms with Gasteiger partial charge in [0.25, 0.3) is 0 Å². The molecule has 0 fully saturated rings. The number of phenols is 2. The van der Waals surface area contributed by atoms with Crippen LogP contribution in [0.3, 0.4) is 0 Å². The zero-order chi connectivity index (χ0) is 30.5. The van der Waals surface area contributed by atoms with Crippen molar-refractivity contribution in [1.29, 1.82) is 0 Å². The number of nitrogen functional groups attached to an aromatic ring is 2. The number of ether oxygens (including phenoxy) is 2. The maximum atomic E-state index is 9.89. The molecule has 212 valence electrons. The van der Waals surface area contributed by atoms with Crippen molar-refractivity contribution in [2.45, 2.75) is 0 Å². The highest BCUT2D eigenvalue weighted by Crippen LogP contribution is 2.38.